The number of amides is 1. The van der Waals surface area contributed by atoms with Gasteiger partial charge in [0.2, 0.25) is 15.9 Å². The molecule has 8 heteroatoms. The Bertz CT molecular complexity index is 644. The normalized spacial score (nSPS) is 16.5. The highest BCUT2D eigenvalue weighted by molar-refractivity contribution is 7.89. The van der Waals surface area contributed by atoms with Gasteiger partial charge in [-0.3, -0.25) is 4.79 Å². The summed E-state index contributed by atoms with van der Waals surface area (Å²) in [6.45, 7) is 1.77. The first-order valence-electron chi connectivity index (χ1n) is 6.64. The Balaban J connectivity index is 2.11. The first-order chi connectivity index (χ1) is 9.83. The van der Waals surface area contributed by atoms with E-state index in [4.69, 9.17) is 17.3 Å². The molecule has 0 aromatic heterocycles. The Morgan fingerprint density at radius 3 is 2.67 bits per heavy atom. The summed E-state index contributed by atoms with van der Waals surface area (Å²) in [6, 6.07) is 3.80. The zero-order valence-corrected chi connectivity index (χ0v) is 13.2. The summed E-state index contributed by atoms with van der Waals surface area (Å²) < 4.78 is 26.9. The highest BCUT2D eigenvalue weighted by Crippen LogP contribution is 2.23. The van der Waals surface area contributed by atoms with E-state index in [-0.39, 0.29) is 28.4 Å². The van der Waals surface area contributed by atoms with Gasteiger partial charge in [-0.2, -0.15) is 4.72 Å². The minimum absolute atomic E-state index is 0.0626. The third-order valence-electron chi connectivity index (χ3n) is 3.17. The molecule has 1 aromatic rings. The summed E-state index contributed by atoms with van der Waals surface area (Å²) in [4.78, 5) is 11.7. The Morgan fingerprint density at radius 2 is 2.14 bits per heavy atom. The van der Waals surface area contributed by atoms with Crippen LogP contribution in [0, 0.1) is 0 Å². The van der Waals surface area contributed by atoms with E-state index < -0.39 is 16.1 Å². The van der Waals surface area contributed by atoms with Crippen molar-refractivity contribution in [3.8, 4) is 0 Å². The Hall–Kier alpha value is -1.15. The quantitative estimate of drug-likeness (QED) is 0.715. The zero-order valence-electron chi connectivity index (χ0n) is 11.6. The molecule has 4 N–H and O–H groups in total. The third kappa shape index (κ3) is 4.16. The van der Waals surface area contributed by atoms with Gasteiger partial charge in [0, 0.05) is 12.6 Å². The lowest BCUT2D eigenvalue weighted by atomic mass is 10.2. The molecule has 1 amide bonds. The fourth-order valence-electron chi connectivity index (χ4n) is 1.79. The molecule has 1 atom stereocenters. The second-order valence-electron chi connectivity index (χ2n) is 5.09. The van der Waals surface area contributed by atoms with E-state index in [1.807, 2.05) is 0 Å². The van der Waals surface area contributed by atoms with Crippen molar-refractivity contribution in [3.63, 3.8) is 0 Å². The molecule has 0 bridgehead atoms. The number of hydrogen-bond acceptors (Lipinski definition) is 4. The van der Waals surface area contributed by atoms with Crippen molar-refractivity contribution >= 4 is 27.5 Å². The van der Waals surface area contributed by atoms with E-state index in [0.29, 0.717) is 0 Å². The van der Waals surface area contributed by atoms with Crippen LogP contribution >= 0.6 is 11.6 Å². The number of nitrogens with two attached hydrogens (primary N) is 1. The Morgan fingerprint density at radius 1 is 1.48 bits per heavy atom. The van der Waals surface area contributed by atoms with Gasteiger partial charge in [-0.15, -0.1) is 0 Å². The van der Waals surface area contributed by atoms with Crippen molar-refractivity contribution in [2.24, 2.45) is 5.73 Å². The van der Waals surface area contributed by atoms with Gasteiger partial charge in [0.1, 0.15) is 4.90 Å². The number of sulfonamides is 1. The Kier molecular flexibility index (Phi) is 4.88. The van der Waals surface area contributed by atoms with Crippen LogP contribution in [0.15, 0.2) is 23.1 Å². The topological polar surface area (TPSA) is 101 Å². The fourth-order valence-corrected chi connectivity index (χ4v) is 3.56. The predicted octanol–water partition coefficient (Wildman–Crippen LogP) is 0.744. The molecule has 1 aromatic carbocycles. The monoisotopic (exact) mass is 331 g/mol. The van der Waals surface area contributed by atoms with E-state index in [9.17, 15) is 13.2 Å². The molecular formula is C13H18ClN3O3S. The number of carbonyl (C=O) groups excluding carboxylic acids is 1. The molecule has 1 aliphatic rings. The van der Waals surface area contributed by atoms with Gasteiger partial charge >= 0.3 is 0 Å². The molecule has 6 nitrogen and oxygen atoms in total. The Labute approximate surface area is 129 Å². The average molecular weight is 332 g/mol. The lowest BCUT2D eigenvalue weighted by Crippen LogP contribution is -2.45. The summed E-state index contributed by atoms with van der Waals surface area (Å²) in [6.07, 6.45) is 1.88. The van der Waals surface area contributed by atoms with Crippen LogP contribution in [0.3, 0.4) is 0 Å². The van der Waals surface area contributed by atoms with Crippen LogP contribution in [0.25, 0.3) is 0 Å². The first kappa shape index (κ1) is 16.2. The molecule has 0 heterocycles. The van der Waals surface area contributed by atoms with Gasteiger partial charge in [-0.05, 0) is 37.5 Å². The lowest BCUT2D eigenvalue weighted by Gasteiger charge is -2.15. The van der Waals surface area contributed by atoms with Crippen molar-refractivity contribution in [3.05, 3.63) is 28.8 Å². The van der Waals surface area contributed by atoms with Crippen LogP contribution in [0.2, 0.25) is 5.02 Å². The molecule has 1 fully saturated rings. The summed E-state index contributed by atoms with van der Waals surface area (Å²) in [7, 11) is -3.86. The second kappa shape index (κ2) is 6.31. The van der Waals surface area contributed by atoms with Crippen LogP contribution < -0.4 is 15.8 Å². The molecular weight excluding hydrogens is 314 g/mol. The molecule has 21 heavy (non-hydrogen) atoms. The largest absolute Gasteiger partial charge is 0.352 e. The molecule has 0 spiro atoms. The summed E-state index contributed by atoms with van der Waals surface area (Å²) in [5.74, 6) is -0.337. The molecule has 0 saturated heterocycles. The van der Waals surface area contributed by atoms with Gasteiger partial charge in [0.25, 0.3) is 0 Å². The number of hydrogen-bond donors (Lipinski definition) is 3. The molecule has 0 radical (unpaired) electrons. The van der Waals surface area contributed by atoms with Gasteiger partial charge in [-0.1, -0.05) is 17.7 Å². The van der Waals surface area contributed by atoms with E-state index in [1.54, 1.807) is 6.07 Å². The smallest absolute Gasteiger partial charge is 0.242 e. The zero-order chi connectivity index (χ0) is 15.6. The van der Waals surface area contributed by atoms with Crippen LogP contribution in [0.1, 0.15) is 25.3 Å². The fraction of sp³-hybridized carbons (Fsp3) is 0.462. The van der Waals surface area contributed by atoms with Gasteiger partial charge in [-0.25, -0.2) is 8.42 Å². The van der Waals surface area contributed by atoms with Crippen molar-refractivity contribution in [1.82, 2.24) is 10.0 Å². The van der Waals surface area contributed by atoms with Crippen molar-refractivity contribution in [1.29, 1.82) is 0 Å². The molecule has 1 unspecified atom stereocenters. The van der Waals surface area contributed by atoms with E-state index >= 15 is 0 Å². The van der Waals surface area contributed by atoms with Gasteiger partial charge in [0.05, 0.1) is 11.1 Å². The molecule has 2 rings (SSSR count). The molecule has 116 valence electrons. The van der Waals surface area contributed by atoms with E-state index in [0.717, 1.165) is 18.4 Å². The highest BCUT2D eigenvalue weighted by Gasteiger charge is 2.28. The van der Waals surface area contributed by atoms with Crippen LogP contribution in [0.5, 0.6) is 0 Å². The minimum atomic E-state index is -3.86. The maximum Gasteiger partial charge on any atom is 0.242 e. The van der Waals surface area contributed by atoms with Crippen molar-refractivity contribution in [2.45, 2.75) is 43.3 Å². The second-order valence-corrected chi connectivity index (χ2v) is 7.18. The van der Waals surface area contributed by atoms with Crippen LogP contribution in [0.4, 0.5) is 0 Å². The number of carbonyl (C=O) groups is 1. The standard InChI is InChI=1S/C13H18ClN3O3S/c1-8(13(18)16-10-3-4-10)17-21(19,20)12-5-2-9(7-15)6-11(12)14/h2,5-6,8,10,17H,3-4,7,15H2,1H3,(H,16,18). The maximum absolute atomic E-state index is 12.3. The summed E-state index contributed by atoms with van der Waals surface area (Å²) in [5, 5.41) is 2.83. The van der Waals surface area contributed by atoms with Crippen molar-refractivity contribution in [2.75, 3.05) is 0 Å². The van der Waals surface area contributed by atoms with Crippen LogP contribution in [-0.4, -0.2) is 26.4 Å². The third-order valence-corrected chi connectivity index (χ3v) is 5.19. The molecule has 1 saturated carbocycles. The molecule has 1 aliphatic carbocycles. The summed E-state index contributed by atoms with van der Waals surface area (Å²) >= 11 is 5.97. The van der Waals surface area contributed by atoms with E-state index in [1.165, 1.54) is 19.1 Å². The number of halogens is 1. The maximum atomic E-state index is 12.3. The predicted molar refractivity (Wildman–Crippen MR) is 80.3 cm³/mol. The minimum Gasteiger partial charge on any atom is -0.352 e. The molecule has 0 aliphatic heterocycles. The number of benzene rings is 1. The van der Waals surface area contributed by atoms with Crippen LogP contribution in [-0.2, 0) is 21.4 Å². The SMILES string of the molecule is CC(NS(=O)(=O)c1ccc(CN)cc1Cl)C(=O)NC1CC1. The van der Waals surface area contributed by atoms with Gasteiger partial charge < -0.3 is 11.1 Å². The highest BCUT2D eigenvalue weighted by atomic mass is 35.5. The first-order valence-corrected chi connectivity index (χ1v) is 8.51. The van der Waals surface area contributed by atoms with Gasteiger partial charge in [0.15, 0.2) is 0 Å². The average Bonchev–Trinajstić information content (AvgIpc) is 3.21. The summed E-state index contributed by atoms with van der Waals surface area (Å²) in [5.41, 5.74) is 6.21. The van der Waals surface area contributed by atoms with Crippen molar-refractivity contribution < 1.29 is 13.2 Å². The lowest BCUT2D eigenvalue weighted by molar-refractivity contribution is -0.122. The number of nitrogens with one attached hydrogen (secondary N) is 2. The number of rotatable bonds is 6. The van der Waals surface area contributed by atoms with E-state index in [2.05, 4.69) is 10.0 Å².